The molecule has 2 rings (SSSR count). The van der Waals surface area contributed by atoms with Crippen LogP contribution in [-0.4, -0.2) is 88.1 Å². The molecule has 1 aromatic rings. The fourth-order valence-corrected chi connectivity index (χ4v) is 3.55. The number of guanidine groups is 1. The highest BCUT2D eigenvalue weighted by atomic mass is 127. The summed E-state index contributed by atoms with van der Waals surface area (Å²) < 4.78 is 0. The number of hydrogen-bond donors (Lipinski definition) is 3. The van der Waals surface area contributed by atoms with Gasteiger partial charge in [0, 0.05) is 58.9 Å². The smallest absolute Gasteiger partial charge is 0.251 e. The fourth-order valence-electron chi connectivity index (χ4n) is 3.55. The van der Waals surface area contributed by atoms with E-state index in [1.165, 1.54) is 45.7 Å². The molecular weight excluding hydrogens is 491 g/mol. The summed E-state index contributed by atoms with van der Waals surface area (Å²) in [6.45, 7) is 11.1. The van der Waals surface area contributed by atoms with Gasteiger partial charge in [-0.1, -0.05) is 19.1 Å². The Bertz CT molecular complexity index is 646. The van der Waals surface area contributed by atoms with Crippen molar-refractivity contribution in [1.82, 2.24) is 25.8 Å². The molecule has 0 unspecified atom stereocenters. The molecule has 7 nitrogen and oxygen atoms in total. The van der Waals surface area contributed by atoms with Crippen LogP contribution in [-0.2, 0) is 6.42 Å². The van der Waals surface area contributed by atoms with E-state index in [-0.39, 0.29) is 29.9 Å². The normalized spacial score (nSPS) is 15.4. The van der Waals surface area contributed by atoms with Crippen LogP contribution in [0.1, 0.15) is 35.7 Å². The molecular formula is C22H39IN6O. The van der Waals surface area contributed by atoms with Gasteiger partial charge < -0.3 is 25.8 Å². The number of halogens is 1. The monoisotopic (exact) mass is 530 g/mol. The molecule has 30 heavy (non-hydrogen) atoms. The van der Waals surface area contributed by atoms with E-state index in [9.17, 15) is 4.79 Å². The van der Waals surface area contributed by atoms with Gasteiger partial charge in [-0.3, -0.25) is 9.79 Å². The highest BCUT2D eigenvalue weighted by molar-refractivity contribution is 14.0. The van der Waals surface area contributed by atoms with Crippen LogP contribution >= 0.6 is 24.0 Å². The van der Waals surface area contributed by atoms with Gasteiger partial charge in [0.2, 0.25) is 0 Å². The number of benzene rings is 1. The third-order valence-electron chi connectivity index (χ3n) is 5.45. The maximum atomic E-state index is 11.7. The van der Waals surface area contributed by atoms with Crippen molar-refractivity contribution >= 4 is 35.8 Å². The Hall–Kier alpha value is -1.39. The SMILES string of the molecule is CCN1CCN(CCCCNC(=NC)NCCc2cccc(C(=O)NC)c2)CC1.I. The summed E-state index contributed by atoms with van der Waals surface area (Å²) >= 11 is 0. The zero-order chi connectivity index (χ0) is 20.9. The third-order valence-corrected chi connectivity index (χ3v) is 5.45. The second-order valence-electron chi connectivity index (χ2n) is 7.44. The summed E-state index contributed by atoms with van der Waals surface area (Å²) in [5, 5.41) is 9.41. The highest BCUT2D eigenvalue weighted by Gasteiger charge is 2.14. The molecule has 0 radical (unpaired) electrons. The van der Waals surface area contributed by atoms with Gasteiger partial charge in [0.25, 0.3) is 5.91 Å². The molecule has 1 amide bonds. The van der Waals surface area contributed by atoms with E-state index in [2.05, 4.69) is 37.7 Å². The van der Waals surface area contributed by atoms with Crippen LogP contribution in [0.5, 0.6) is 0 Å². The van der Waals surface area contributed by atoms with Crippen LogP contribution in [0.4, 0.5) is 0 Å². The second kappa shape index (κ2) is 15.4. The average molecular weight is 530 g/mol. The van der Waals surface area contributed by atoms with Crippen LogP contribution < -0.4 is 16.0 Å². The summed E-state index contributed by atoms with van der Waals surface area (Å²) in [5.41, 5.74) is 1.83. The first kappa shape index (κ1) is 26.6. The molecule has 0 aromatic heterocycles. The van der Waals surface area contributed by atoms with Gasteiger partial charge in [0.05, 0.1) is 0 Å². The van der Waals surface area contributed by atoms with Crippen LogP contribution in [0.25, 0.3) is 0 Å². The number of hydrogen-bond acceptors (Lipinski definition) is 4. The lowest BCUT2D eigenvalue weighted by atomic mass is 10.1. The van der Waals surface area contributed by atoms with Gasteiger partial charge in [-0.15, -0.1) is 24.0 Å². The van der Waals surface area contributed by atoms with Crippen molar-refractivity contribution in [3.8, 4) is 0 Å². The second-order valence-corrected chi connectivity index (χ2v) is 7.44. The predicted molar refractivity (Wildman–Crippen MR) is 136 cm³/mol. The number of likely N-dealkylation sites (N-methyl/N-ethyl adjacent to an activating group) is 1. The molecule has 1 aromatic carbocycles. The molecule has 0 saturated carbocycles. The van der Waals surface area contributed by atoms with Gasteiger partial charge >= 0.3 is 0 Å². The molecule has 1 fully saturated rings. The van der Waals surface area contributed by atoms with Crippen LogP contribution in [0.15, 0.2) is 29.3 Å². The third kappa shape index (κ3) is 9.61. The van der Waals surface area contributed by atoms with Crippen molar-refractivity contribution in [2.45, 2.75) is 26.2 Å². The lowest BCUT2D eigenvalue weighted by Crippen LogP contribution is -2.46. The molecule has 0 spiro atoms. The number of piperazine rings is 1. The zero-order valence-corrected chi connectivity index (χ0v) is 21.1. The maximum absolute atomic E-state index is 11.7. The molecule has 1 heterocycles. The van der Waals surface area contributed by atoms with E-state index in [0.717, 1.165) is 37.5 Å². The van der Waals surface area contributed by atoms with Crippen molar-refractivity contribution in [1.29, 1.82) is 0 Å². The first-order valence-corrected chi connectivity index (χ1v) is 10.9. The van der Waals surface area contributed by atoms with E-state index >= 15 is 0 Å². The lowest BCUT2D eigenvalue weighted by molar-refractivity contribution is 0.0963. The van der Waals surface area contributed by atoms with Crippen molar-refractivity contribution in [2.75, 3.05) is 66.5 Å². The number of rotatable bonds is 10. The molecule has 0 aliphatic carbocycles. The molecule has 1 saturated heterocycles. The Morgan fingerprint density at radius 1 is 1.07 bits per heavy atom. The molecule has 1 aliphatic heterocycles. The Labute approximate surface area is 199 Å². The topological polar surface area (TPSA) is 72.0 Å². The number of unbranched alkanes of at least 4 members (excludes halogenated alkanes) is 1. The van der Waals surface area contributed by atoms with Crippen molar-refractivity contribution < 1.29 is 4.79 Å². The van der Waals surface area contributed by atoms with E-state index in [4.69, 9.17) is 0 Å². The maximum Gasteiger partial charge on any atom is 0.251 e. The summed E-state index contributed by atoms with van der Waals surface area (Å²) in [6.07, 6.45) is 3.19. The first-order chi connectivity index (χ1) is 14.2. The standard InChI is InChI=1S/C22H38N6O.HI/c1-4-27-14-16-28(17-15-27)13-6-5-11-25-22(24-3)26-12-10-19-8-7-9-20(18-19)21(29)23-2;/h7-9,18H,4-6,10-17H2,1-3H3,(H,23,29)(H2,24,25,26);1H. The number of amides is 1. The summed E-state index contributed by atoms with van der Waals surface area (Å²) in [6, 6.07) is 7.75. The van der Waals surface area contributed by atoms with Gasteiger partial charge in [0.15, 0.2) is 5.96 Å². The van der Waals surface area contributed by atoms with Crippen molar-refractivity contribution in [3.05, 3.63) is 35.4 Å². The Morgan fingerprint density at radius 2 is 1.77 bits per heavy atom. The number of carbonyl (C=O) groups excluding carboxylic acids is 1. The van der Waals surface area contributed by atoms with Crippen LogP contribution in [0.2, 0.25) is 0 Å². The predicted octanol–water partition coefficient (Wildman–Crippen LogP) is 1.79. The minimum atomic E-state index is -0.0514. The van der Waals surface area contributed by atoms with E-state index in [1.807, 2.05) is 24.3 Å². The molecule has 0 bridgehead atoms. The van der Waals surface area contributed by atoms with E-state index < -0.39 is 0 Å². The van der Waals surface area contributed by atoms with Crippen molar-refractivity contribution in [3.63, 3.8) is 0 Å². The summed E-state index contributed by atoms with van der Waals surface area (Å²) in [7, 11) is 3.45. The number of nitrogens with one attached hydrogen (secondary N) is 3. The van der Waals surface area contributed by atoms with E-state index in [0.29, 0.717) is 5.56 Å². The quantitative estimate of drug-likeness (QED) is 0.186. The average Bonchev–Trinajstić information content (AvgIpc) is 2.77. The zero-order valence-electron chi connectivity index (χ0n) is 18.7. The lowest BCUT2D eigenvalue weighted by Gasteiger charge is -2.34. The van der Waals surface area contributed by atoms with Gasteiger partial charge in [-0.2, -0.15) is 0 Å². The first-order valence-electron chi connectivity index (χ1n) is 10.9. The molecule has 0 atom stereocenters. The molecule has 8 heteroatoms. The number of nitrogens with zero attached hydrogens (tertiary/aromatic N) is 3. The summed E-state index contributed by atoms with van der Waals surface area (Å²) in [4.78, 5) is 21.1. The van der Waals surface area contributed by atoms with E-state index in [1.54, 1.807) is 14.1 Å². The fraction of sp³-hybridized carbons (Fsp3) is 0.636. The largest absolute Gasteiger partial charge is 0.356 e. The van der Waals surface area contributed by atoms with Gasteiger partial charge in [-0.05, 0) is 50.0 Å². The highest BCUT2D eigenvalue weighted by Crippen LogP contribution is 2.06. The Kier molecular flexibility index (Phi) is 13.7. The molecule has 170 valence electrons. The number of carbonyl (C=O) groups is 1. The van der Waals surface area contributed by atoms with Gasteiger partial charge in [0.1, 0.15) is 0 Å². The Morgan fingerprint density at radius 3 is 2.43 bits per heavy atom. The summed E-state index contributed by atoms with van der Waals surface area (Å²) in [5.74, 6) is 0.786. The van der Waals surface area contributed by atoms with Gasteiger partial charge in [-0.25, -0.2) is 0 Å². The van der Waals surface area contributed by atoms with Crippen LogP contribution in [0.3, 0.4) is 0 Å². The van der Waals surface area contributed by atoms with Crippen LogP contribution in [0, 0.1) is 0 Å². The Balaban J connectivity index is 0.00000450. The molecule has 3 N–H and O–H groups in total. The minimum Gasteiger partial charge on any atom is -0.356 e. The number of aliphatic imine (C=N–C) groups is 1. The van der Waals surface area contributed by atoms with Crippen molar-refractivity contribution in [2.24, 2.45) is 4.99 Å². The molecule has 1 aliphatic rings. The minimum absolute atomic E-state index is 0.